The molecule has 0 amide bonds. The SMILES string of the molecule is C/C=C\C=C/C.C=C/C=C(\C=C/C)C(N)c1ccccc1.C=NCN.CC.Cc1ccccc1.c1ccc2c(c1)[nH]c1cc3sc4ccccc4c3cc12. The Kier molecular flexibility index (Phi) is 21.6. The maximum Gasteiger partial charge on any atom is 0.0852 e. The van der Waals surface area contributed by atoms with Crippen molar-refractivity contribution in [2.45, 2.75) is 47.6 Å². The molecule has 0 saturated heterocycles. The van der Waals surface area contributed by atoms with Crippen molar-refractivity contribution in [3.63, 3.8) is 0 Å². The molecule has 0 aliphatic rings. The van der Waals surface area contributed by atoms with Gasteiger partial charge in [-0.3, -0.25) is 4.99 Å². The normalized spacial score (nSPS) is 11.4. The first-order valence-electron chi connectivity index (χ1n) is 18.4. The largest absolute Gasteiger partial charge is 0.354 e. The first-order valence-corrected chi connectivity index (χ1v) is 19.2. The zero-order chi connectivity index (χ0) is 39.6. The first kappa shape index (κ1) is 44.6. The van der Waals surface area contributed by atoms with Gasteiger partial charge in [0.05, 0.1) is 12.7 Å². The fourth-order valence-corrected chi connectivity index (χ4v) is 6.40. The molecule has 280 valence electrons. The number of para-hydroxylation sites is 1. The van der Waals surface area contributed by atoms with Gasteiger partial charge in [-0.15, -0.1) is 11.3 Å². The maximum atomic E-state index is 6.14. The first-order chi connectivity index (χ1) is 26.4. The van der Waals surface area contributed by atoms with Gasteiger partial charge in [-0.1, -0.05) is 172 Å². The van der Waals surface area contributed by atoms with Crippen LogP contribution < -0.4 is 11.5 Å². The minimum atomic E-state index is -0.0830. The van der Waals surface area contributed by atoms with Crippen molar-refractivity contribution in [3.8, 4) is 0 Å². The third-order valence-corrected chi connectivity index (χ3v) is 8.89. The molecule has 0 fully saturated rings. The van der Waals surface area contributed by atoms with Crippen LogP contribution in [0.2, 0.25) is 0 Å². The lowest BCUT2D eigenvalue weighted by Crippen LogP contribution is -2.11. The zero-order valence-electron chi connectivity index (χ0n) is 32.9. The van der Waals surface area contributed by atoms with Gasteiger partial charge in [-0.2, -0.15) is 0 Å². The lowest BCUT2D eigenvalue weighted by Gasteiger charge is -2.12. The summed E-state index contributed by atoms with van der Waals surface area (Å²) in [6, 6.07) is 42.0. The molecule has 1 atom stereocenters. The Bertz CT molecular complexity index is 2120. The minimum absolute atomic E-state index is 0.0830. The number of nitrogens with two attached hydrogens (primary N) is 2. The van der Waals surface area contributed by atoms with E-state index >= 15 is 0 Å². The molecule has 1 unspecified atom stereocenters. The van der Waals surface area contributed by atoms with Crippen molar-refractivity contribution in [2.75, 3.05) is 6.67 Å². The van der Waals surface area contributed by atoms with E-state index in [1.165, 1.54) is 47.5 Å². The van der Waals surface area contributed by atoms with E-state index in [4.69, 9.17) is 11.5 Å². The molecule has 0 spiro atoms. The van der Waals surface area contributed by atoms with Crippen molar-refractivity contribution < 1.29 is 0 Å². The van der Waals surface area contributed by atoms with Crippen molar-refractivity contribution in [2.24, 2.45) is 16.5 Å². The van der Waals surface area contributed by atoms with Crippen molar-refractivity contribution >= 4 is 60.0 Å². The van der Waals surface area contributed by atoms with Crippen LogP contribution in [0.1, 0.15) is 51.8 Å². The summed E-state index contributed by atoms with van der Waals surface area (Å²) >= 11 is 1.87. The highest BCUT2D eigenvalue weighted by Crippen LogP contribution is 2.38. The number of rotatable bonds is 6. The second-order valence-electron chi connectivity index (χ2n) is 11.6. The molecular weight excluding hydrogens is 677 g/mol. The smallest absolute Gasteiger partial charge is 0.0852 e. The van der Waals surface area contributed by atoms with Crippen LogP contribution in [0, 0.1) is 6.92 Å². The van der Waals surface area contributed by atoms with Gasteiger partial charge in [0.25, 0.3) is 0 Å². The average molecular weight is 735 g/mol. The highest BCUT2D eigenvalue weighted by molar-refractivity contribution is 7.25. The number of nitrogens with one attached hydrogen (secondary N) is 1. The zero-order valence-corrected chi connectivity index (χ0v) is 33.7. The maximum absolute atomic E-state index is 6.14. The molecule has 0 bridgehead atoms. The Hall–Kier alpha value is -5.59. The molecule has 5 heteroatoms. The van der Waals surface area contributed by atoms with E-state index in [-0.39, 0.29) is 6.04 Å². The fraction of sp³-hybridized carbons (Fsp3) is 0.163. The standard InChI is InChI=1S/C18H11NS.C14H17N.C7H8.C6H10.C2H6N2.C2H6/c1-3-7-15-11(5-1)13-9-14-12-6-2-4-8-17(12)20-18(14)10-16(13)19-15;1-3-8-12(9-4-2)14(15)13-10-6-5-7-11-13;1-7-5-3-2-4-6-7;1-3-5-6-4-2;1-4-2-3;1-2/h1-10,19H;3-11,14H,1,15H2,2H3;2-6H,1H3;3-6H,1-2H3;1-3H2;1-2H3/b;9-4-,12-8+;;5-3-,6-4-;;. The molecule has 2 aromatic heterocycles. The number of allylic oxidation sites excluding steroid dienone is 7. The monoisotopic (exact) mass is 734 g/mol. The number of nitrogens with zero attached hydrogens (tertiary/aromatic N) is 1. The highest BCUT2D eigenvalue weighted by Gasteiger charge is 2.10. The Morgan fingerprint density at radius 2 is 1.26 bits per heavy atom. The van der Waals surface area contributed by atoms with E-state index in [0.717, 1.165) is 11.1 Å². The Morgan fingerprint density at radius 3 is 1.80 bits per heavy atom. The van der Waals surface area contributed by atoms with Crippen molar-refractivity contribution in [3.05, 3.63) is 193 Å². The fourth-order valence-electron chi connectivity index (χ4n) is 5.27. The number of H-pyrrole nitrogens is 1. The number of aliphatic imine (C=N–C) groups is 1. The van der Waals surface area contributed by atoms with Crippen LogP contribution in [-0.2, 0) is 0 Å². The number of thiophene rings is 1. The molecule has 7 rings (SSSR count). The van der Waals surface area contributed by atoms with Gasteiger partial charge in [0.2, 0.25) is 0 Å². The third-order valence-electron chi connectivity index (χ3n) is 7.76. The number of benzene rings is 5. The van der Waals surface area contributed by atoms with Gasteiger partial charge in [0.1, 0.15) is 0 Å². The van der Waals surface area contributed by atoms with E-state index < -0.39 is 0 Å². The van der Waals surface area contributed by atoms with Gasteiger partial charge in [-0.05, 0) is 69.8 Å². The molecule has 7 aromatic rings. The molecule has 0 saturated carbocycles. The molecule has 5 aromatic carbocycles. The van der Waals surface area contributed by atoms with Crippen molar-refractivity contribution in [1.29, 1.82) is 0 Å². The third kappa shape index (κ3) is 14.1. The number of hydrogen-bond donors (Lipinski definition) is 3. The lowest BCUT2D eigenvalue weighted by atomic mass is 9.99. The molecule has 2 heterocycles. The second-order valence-corrected chi connectivity index (χ2v) is 12.6. The second kappa shape index (κ2) is 26.2. The number of hydrogen-bond acceptors (Lipinski definition) is 4. The highest BCUT2D eigenvalue weighted by atomic mass is 32.1. The summed E-state index contributed by atoms with van der Waals surface area (Å²) < 4.78 is 2.71. The number of aryl methyl sites for hydroxylation is 1. The van der Waals surface area contributed by atoms with E-state index in [2.05, 4.69) is 103 Å². The Balaban J connectivity index is 0.000000261. The molecular formula is C49H58N4S. The molecule has 0 aliphatic heterocycles. The average Bonchev–Trinajstić information content (AvgIpc) is 3.78. The molecule has 5 N–H and O–H groups in total. The summed E-state index contributed by atoms with van der Waals surface area (Å²) in [5.41, 5.74) is 16.9. The number of aromatic amines is 1. The summed E-state index contributed by atoms with van der Waals surface area (Å²) in [6.07, 6.45) is 15.7. The van der Waals surface area contributed by atoms with Gasteiger partial charge in [0, 0.05) is 42.0 Å². The number of fused-ring (bicyclic) bond motifs is 6. The van der Waals surface area contributed by atoms with Crippen LogP contribution in [0.4, 0.5) is 0 Å². The molecule has 54 heavy (non-hydrogen) atoms. The summed E-state index contributed by atoms with van der Waals surface area (Å²) in [5.74, 6) is 0. The van der Waals surface area contributed by atoms with E-state index in [9.17, 15) is 0 Å². The van der Waals surface area contributed by atoms with Gasteiger partial charge in [0.15, 0.2) is 0 Å². The Labute approximate surface area is 327 Å². The summed E-state index contributed by atoms with van der Waals surface area (Å²) in [6.45, 7) is 19.2. The van der Waals surface area contributed by atoms with Gasteiger partial charge >= 0.3 is 0 Å². The van der Waals surface area contributed by atoms with Crippen LogP contribution in [-0.4, -0.2) is 18.4 Å². The van der Waals surface area contributed by atoms with Crippen LogP contribution in [0.25, 0.3) is 42.0 Å². The summed E-state index contributed by atoms with van der Waals surface area (Å²) in [5, 5.41) is 5.35. The molecule has 0 radical (unpaired) electrons. The van der Waals surface area contributed by atoms with Gasteiger partial charge < -0.3 is 16.5 Å². The van der Waals surface area contributed by atoms with E-state index in [1.807, 2.05) is 137 Å². The molecule has 4 nitrogen and oxygen atoms in total. The van der Waals surface area contributed by atoms with Crippen LogP contribution in [0.5, 0.6) is 0 Å². The lowest BCUT2D eigenvalue weighted by molar-refractivity contribution is 0.870. The van der Waals surface area contributed by atoms with E-state index in [0.29, 0.717) is 6.67 Å². The minimum Gasteiger partial charge on any atom is -0.354 e. The van der Waals surface area contributed by atoms with Crippen LogP contribution >= 0.6 is 11.3 Å². The predicted octanol–water partition coefficient (Wildman–Crippen LogP) is 13.8. The van der Waals surface area contributed by atoms with Crippen molar-refractivity contribution in [1.82, 2.24) is 4.98 Å². The van der Waals surface area contributed by atoms with E-state index in [1.54, 1.807) is 6.08 Å². The summed E-state index contributed by atoms with van der Waals surface area (Å²) in [4.78, 5) is 6.79. The topological polar surface area (TPSA) is 80.2 Å². The predicted molar refractivity (Wildman–Crippen MR) is 246 cm³/mol. The Morgan fingerprint density at radius 1 is 0.704 bits per heavy atom. The quantitative estimate of drug-likeness (QED) is 0.117. The molecule has 0 aliphatic carbocycles. The number of aromatic nitrogens is 1. The van der Waals surface area contributed by atoms with Crippen LogP contribution in [0.15, 0.2) is 187 Å². The van der Waals surface area contributed by atoms with Gasteiger partial charge in [-0.25, -0.2) is 0 Å². The van der Waals surface area contributed by atoms with Crippen LogP contribution in [0.3, 0.4) is 0 Å². The summed E-state index contributed by atoms with van der Waals surface area (Å²) in [7, 11) is 0.